The van der Waals surface area contributed by atoms with Crippen LogP contribution in [0.5, 0.6) is 0 Å². The second-order valence-electron chi connectivity index (χ2n) is 5.85. The first-order valence-electron chi connectivity index (χ1n) is 8.13. The summed E-state index contributed by atoms with van der Waals surface area (Å²) >= 11 is 1.62. The Bertz CT molecular complexity index is 745. The highest BCUT2D eigenvalue weighted by Crippen LogP contribution is 2.15. The number of aryl methyl sites for hydroxylation is 1. The fourth-order valence-corrected chi connectivity index (χ4v) is 3.23. The predicted molar refractivity (Wildman–Crippen MR) is 104 cm³/mol. The lowest BCUT2D eigenvalue weighted by Gasteiger charge is -2.21. The topological polar surface area (TPSA) is 44.1 Å². The molecule has 0 heterocycles. The lowest BCUT2D eigenvalue weighted by Crippen LogP contribution is -2.32. The van der Waals surface area contributed by atoms with Gasteiger partial charge in [0.15, 0.2) is 0 Å². The van der Waals surface area contributed by atoms with E-state index in [1.807, 2.05) is 12.1 Å². The van der Waals surface area contributed by atoms with E-state index >= 15 is 0 Å². The normalized spacial score (nSPS) is 10.1. The van der Waals surface area contributed by atoms with Gasteiger partial charge in [-0.25, -0.2) is 0 Å². The molecule has 0 saturated carbocycles. The summed E-state index contributed by atoms with van der Waals surface area (Å²) < 4.78 is 0. The van der Waals surface area contributed by atoms with Crippen molar-refractivity contribution in [3.05, 3.63) is 83.4 Å². The van der Waals surface area contributed by atoms with E-state index in [4.69, 9.17) is 5.26 Å². The van der Waals surface area contributed by atoms with Crippen LogP contribution in [0.1, 0.15) is 22.3 Å². The van der Waals surface area contributed by atoms with Gasteiger partial charge >= 0.3 is 0 Å². The van der Waals surface area contributed by atoms with Crippen molar-refractivity contribution in [3.8, 4) is 6.07 Å². The van der Waals surface area contributed by atoms with Crippen LogP contribution in [0.4, 0.5) is 0 Å². The van der Waals surface area contributed by atoms with E-state index in [-0.39, 0.29) is 5.91 Å². The summed E-state index contributed by atoms with van der Waals surface area (Å²) in [5.41, 5.74) is 4.10. The molecule has 0 fully saturated rings. The van der Waals surface area contributed by atoms with Crippen LogP contribution in [0.15, 0.2) is 61.2 Å². The van der Waals surface area contributed by atoms with Crippen LogP contribution in [0.3, 0.4) is 0 Å². The van der Waals surface area contributed by atoms with E-state index in [0.29, 0.717) is 24.4 Å². The molecule has 0 aliphatic carbocycles. The summed E-state index contributed by atoms with van der Waals surface area (Å²) in [6.45, 7) is 6.86. The number of benzene rings is 2. The van der Waals surface area contributed by atoms with Crippen molar-refractivity contribution in [2.75, 3.05) is 12.3 Å². The molecule has 0 aliphatic rings. The average Bonchev–Trinajstić information content (AvgIpc) is 2.63. The summed E-state index contributed by atoms with van der Waals surface area (Å²) in [5, 5.41) is 8.86. The van der Waals surface area contributed by atoms with Crippen LogP contribution in [0, 0.1) is 18.3 Å². The standard InChI is InChI=1S/C21H22N2OS/c1-3-12-23(14-19-10-8-18(13-22)9-11-19)21(24)16-25-15-20-6-4-17(2)5-7-20/h3-11H,1,12,14-16H2,2H3. The van der Waals surface area contributed by atoms with E-state index in [1.54, 1.807) is 34.9 Å². The average molecular weight is 350 g/mol. The molecule has 0 unspecified atom stereocenters. The molecule has 0 atom stereocenters. The smallest absolute Gasteiger partial charge is 0.233 e. The second kappa shape index (κ2) is 9.71. The summed E-state index contributed by atoms with van der Waals surface area (Å²) in [4.78, 5) is 14.3. The molecule has 0 spiro atoms. The molecule has 2 aromatic carbocycles. The van der Waals surface area contributed by atoms with E-state index < -0.39 is 0 Å². The Morgan fingerprint density at radius 1 is 1.16 bits per heavy atom. The minimum atomic E-state index is 0.0985. The molecule has 0 N–H and O–H groups in total. The molecule has 1 amide bonds. The molecule has 0 aliphatic heterocycles. The second-order valence-corrected chi connectivity index (χ2v) is 6.84. The first kappa shape index (κ1) is 18.8. The Kier molecular flexibility index (Phi) is 7.31. The van der Waals surface area contributed by atoms with Crippen molar-refractivity contribution in [2.45, 2.75) is 19.2 Å². The SMILES string of the molecule is C=CCN(Cc1ccc(C#N)cc1)C(=O)CSCc1ccc(C)cc1. The Hall–Kier alpha value is -2.51. The van der Waals surface area contributed by atoms with Crippen molar-refractivity contribution in [1.82, 2.24) is 4.90 Å². The van der Waals surface area contributed by atoms with Gasteiger partial charge in [0.05, 0.1) is 17.4 Å². The van der Waals surface area contributed by atoms with Crippen LogP contribution >= 0.6 is 11.8 Å². The first-order chi connectivity index (χ1) is 12.1. The van der Waals surface area contributed by atoms with Gasteiger partial charge in [0.25, 0.3) is 0 Å². The van der Waals surface area contributed by atoms with Gasteiger partial charge in [-0.2, -0.15) is 5.26 Å². The Morgan fingerprint density at radius 3 is 2.40 bits per heavy atom. The maximum absolute atomic E-state index is 12.5. The van der Waals surface area contributed by atoms with Gasteiger partial charge in [-0.3, -0.25) is 4.79 Å². The van der Waals surface area contributed by atoms with Crippen molar-refractivity contribution < 1.29 is 4.79 Å². The molecular formula is C21H22N2OS. The molecule has 2 rings (SSSR count). The highest BCUT2D eigenvalue weighted by atomic mass is 32.2. The highest BCUT2D eigenvalue weighted by molar-refractivity contribution is 7.99. The minimum Gasteiger partial charge on any atom is -0.334 e. The number of hydrogen-bond acceptors (Lipinski definition) is 3. The van der Waals surface area contributed by atoms with Crippen LogP contribution in [-0.4, -0.2) is 23.1 Å². The monoisotopic (exact) mass is 350 g/mol. The Balaban J connectivity index is 1.89. The number of hydrogen-bond donors (Lipinski definition) is 0. The third-order valence-electron chi connectivity index (χ3n) is 3.77. The number of thioether (sulfide) groups is 1. The van der Waals surface area contributed by atoms with E-state index in [1.165, 1.54) is 11.1 Å². The van der Waals surface area contributed by atoms with Gasteiger partial charge in [-0.15, -0.1) is 18.3 Å². The number of rotatable bonds is 8. The zero-order valence-electron chi connectivity index (χ0n) is 14.4. The van der Waals surface area contributed by atoms with Gasteiger partial charge in [0.1, 0.15) is 0 Å². The zero-order chi connectivity index (χ0) is 18.1. The van der Waals surface area contributed by atoms with Gasteiger partial charge in [-0.05, 0) is 30.2 Å². The van der Waals surface area contributed by atoms with Crippen LogP contribution in [-0.2, 0) is 17.1 Å². The maximum Gasteiger partial charge on any atom is 0.233 e. The fraction of sp³-hybridized carbons (Fsp3) is 0.238. The van der Waals surface area contributed by atoms with Gasteiger partial charge in [-0.1, -0.05) is 48.0 Å². The summed E-state index contributed by atoms with van der Waals surface area (Å²) in [6, 6.07) is 17.8. The predicted octanol–water partition coefficient (Wildman–Crippen LogP) is 4.31. The fourth-order valence-electron chi connectivity index (χ4n) is 2.35. The summed E-state index contributed by atoms with van der Waals surface area (Å²) in [5.74, 6) is 1.37. The lowest BCUT2D eigenvalue weighted by molar-refractivity contribution is -0.128. The summed E-state index contributed by atoms with van der Waals surface area (Å²) in [6.07, 6.45) is 1.74. The van der Waals surface area contributed by atoms with Crippen LogP contribution in [0.25, 0.3) is 0 Å². The number of amides is 1. The lowest BCUT2D eigenvalue weighted by atomic mass is 10.1. The van der Waals surface area contributed by atoms with Crippen LogP contribution in [0.2, 0.25) is 0 Å². The van der Waals surface area contributed by atoms with Crippen molar-refractivity contribution >= 4 is 17.7 Å². The van der Waals surface area contributed by atoms with Crippen molar-refractivity contribution in [1.29, 1.82) is 5.26 Å². The van der Waals surface area contributed by atoms with Crippen molar-refractivity contribution in [3.63, 3.8) is 0 Å². The molecule has 25 heavy (non-hydrogen) atoms. The Morgan fingerprint density at radius 2 is 1.80 bits per heavy atom. The third kappa shape index (κ3) is 6.13. The molecule has 2 aromatic rings. The number of nitriles is 1. The van der Waals surface area contributed by atoms with E-state index in [0.717, 1.165) is 11.3 Å². The van der Waals surface area contributed by atoms with Gasteiger partial charge < -0.3 is 4.90 Å². The van der Waals surface area contributed by atoms with E-state index in [2.05, 4.69) is 43.8 Å². The molecule has 0 bridgehead atoms. The Labute approximate surface area is 154 Å². The van der Waals surface area contributed by atoms with Crippen molar-refractivity contribution in [2.24, 2.45) is 0 Å². The molecule has 4 heteroatoms. The third-order valence-corrected chi connectivity index (χ3v) is 4.76. The maximum atomic E-state index is 12.5. The highest BCUT2D eigenvalue weighted by Gasteiger charge is 2.13. The summed E-state index contributed by atoms with van der Waals surface area (Å²) in [7, 11) is 0. The molecule has 0 saturated heterocycles. The largest absolute Gasteiger partial charge is 0.334 e. The van der Waals surface area contributed by atoms with Crippen LogP contribution < -0.4 is 0 Å². The molecular weight excluding hydrogens is 328 g/mol. The van der Waals surface area contributed by atoms with E-state index in [9.17, 15) is 4.79 Å². The number of carbonyl (C=O) groups excluding carboxylic acids is 1. The first-order valence-corrected chi connectivity index (χ1v) is 9.29. The number of carbonyl (C=O) groups is 1. The van der Waals surface area contributed by atoms with Gasteiger partial charge in [0.2, 0.25) is 5.91 Å². The molecule has 128 valence electrons. The van der Waals surface area contributed by atoms with Gasteiger partial charge in [0, 0.05) is 18.8 Å². The molecule has 3 nitrogen and oxygen atoms in total. The molecule has 0 aromatic heterocycles. The quantitative estimate of drug-likeness (QED) is 0.666. The molecule has 0 radical (unpaired) electrons. The zero-order valence-corrected chi connectivity index (χ0v) is 15.3. The minimum absolute atomic E-state index is 0.0985. The number of nitrogens with zero attached hydrogens (tertiary/aromatic N) is 2.